The molecule has 0 spiro atoms. The number of Topliss-reactive ketones (excluding diaryl/α,β-unsaturated/α-hetero) is 1. The number of carbonyl (C=O) groups excluding carboxylic acids is 1. The van der Waals surface area contributed by atoms with Crippen LogP contribution in [0.25, 0.3) is 20.8 Å². The molecule has 5 nitrogen and oxygen atoms in total. The van der Waals surface area contributed by atoms with Gasteiger partial charge >= 0.3 is 0 Å². The Labute approximate surface area is 213 Å². The van der Waals surface area contributed by atoms with E-state index in [4.69, 9.17) is 17.0 Å². The third-order valence-corrected chi connectivity index (χ3v) is 6.97. The number of fused-ring (bicyclic) bond motifs is 1. The molecule has 0 radical (unpaired) electrons. The molecule has 5 rings (SSSR count). The summed E-state index contributed by atoms with van der Waals surface area (Å²) >= 11 is 7.11. The number of imidazole rings is 1. The van der Waals surface area contributed by atoms with Crippen molar-refractivity contribution in [1.82, 2.24) is 14.5 Å². The van der Waals surface area contributed by atoms with Crippen LogP contribution in [-0.4, -0.2) is 25.2 Å². The lowest BCUT2D eigenvalue weighted by molar-refractivity contribution is -0.117. The summed E-state index contributed by atoms with van der Waals surface area (Å²) in [6, 6.07) is 21.5. The Bertz CT molecular complexity index is 1490. The minimum atomic E-state index is 0.142. The largest absolute Gasteiger partial charge is 0.456 e. The van der Waals surface area contributed by atoms with E-state index >= 15 is 0 Å². The first-order chi connectivity index (χ1) is 17.0. The maximum atomic E-state index is 12.4. The Morgan fingerprint density at radius 3 is 2.51 bits per heavy atom. The van der Waals surface area contributed by atoms with Crippen LogP contribution in [-0.2, 0) is 24.7 Å². The van der Waals surface area contributed by atoms with Crippen molar-refractivity contribution in [3.63, 3.8) is 0 Å². The average molecular weight is 498 g/mol. The van der Waals surface area contributed by atoms with Crippen molar-refractivity contribution in [3.8, 4) is 22.1 Å². The Hall–Kier alpha value is -3.68. The molecule has 0 aliphatic carbocycles. The first-order valence-corrected chi connectivity index (χ1v) is 12.5. The number of pyridine rings is 1. The van der Waals surface area contributed by atoms with Crippen LogP contribution in [0.4, 0.5) is 0 Å². The molecule has 0 bridgehead atoms. The second-order valence-corrected chi connectivity index (χ2v) is 10.0. The van der Waals surface area contributed by atoms with Crippen LogP contribution in [0.2, 0.25) is 0 Å². The van der Waals surface area contributed by atoms with Gasteiger partial charge in [-0.05, 0) is 29.3 Å². The predicted octanol–water partition coefficient (Wildman–Crippen LogP) is 6.60. The van der Waals surface area contributed by atoms with Crippen molar-refractivity contribution in [2.45, 2.75) is 19.3 Å². The Kier molecular flexibility index (Phi) is 6.79. The summed E-state index contributed by atoms with van der Waals surface area (Å²) in [4.78, 5) is 23.1. The van der Waals surface area contributed by atoms with Crippen LogP contribution < -0.4 is 4.74 Å². The number of carbonyl (C=O) groups is 1. The lowest BCUT2D eigenvalue weighted by Gasteiger charge is -2.08. The van der Waals surface area contributed by atoms with Gasteiger partial charge in [0.25, 0.3) is 0 Å². The summed E-state index contributed by atoms with van der Waals surface area (Å²) in [6.45, 7) is 0. The second-order valence-electron chi connectivity index (χ2n) is 8.40. The highest BCUT2D eigenvalue weighted by Crippen LogP contribution is 2.38. The van der Waals surface area contributed by atoms with Gasteiger partial charge in [0.05, 0.1) is 27.1 Å². The standard InChI is InChI=1S/C28H23N3O2S2/c1-31-17-25(30-18-31)27-16-24-28(35-27)26(11-12-29-24)33-22-9-7-20(8-10-22)14-23(34)15-21(32)13-19-5-3-2-4-6-19/h2-12,16-18H,13-15H2,1H3. The maximum absolute atomic E-state index is 12.4. The summed E-state index contributed by atoms with van der Waals surface area (Å²) in [5.74, 6) is 1.64. The molecule has 0 fully saturated rings. The molecule has 0 saturated heterocycles. The fourth-order valence-electron chi connectivity index (χ4n) is 3.86. The molecule has 174 valence electrons. The van der Waals surface area contributed by atoms with E-state index in [2.05, 4.69) is 9.97 Å². The van der Waals surface area contributed by atoms with Crippen LogP contribution in [0.15, 0.2) is 85.5 Å². The molecule has 0 aliphatic rings. The van der Waals surface area contributed by atoms with Crippen LogP contribution in [0, 0.1) is 0 Å². The zero-order valence-corrected chi connectivity index (χ0v) is 20.8. The number of thiocarbonyl (C=S) groups is 1. The number of hydrogen-bond acceptors (Lipinski definition) is 6. The molecule has 0 unspecified atom stereocenters. The highest BCUT2D eigenvalue weighted by Gasteiger charge is 2.13. The lowest BCUT2D eigenvalue weighted by Crippen LogP contribution is -2.10. The number of aryl methyl sites for hydroxylation is 1. The molecule has 35 heavy (non-hydrogen) atoms. The zero-order chi connectivity index (χ0) is 24.2. The van der Waals surface area contributed by atoms with Gasteiger partial charge < -0.3 is 9.30 Å². The van der Waals surface area contributed by atoms with E-state index in [9.17, 15) is 4.79 Å². The van der Waals surface area contributed by atoms with Gasteiger partial charge in [-0.3, -0.25) is 9.78 Å². The van der Waals surface area contributed by atoms with Crippen molar-refractivity contribution >= 4 is 44.4 Å². The Morgan fingerprint density at radius 2 is 1.77 bits per heavy atom. The fraction of sp³-hybridized carbons (Fsp3) is 0.143. The van der Waals surface area contributed by atoms with Gasteiger partial charge in [-0.15, -0.1) is 11.3 Å². The first kappa shape index (κ1) is 23.1. The molecule has 3 aromatic heterocycles. The molecular formula is C28H23N3O2S2. The molecule has 0 saturated carbocycles. The zero-order valence-electron chi connectivity index (χ0n) is 19.2. The molecule has 7 heteroatoms. The minimum absolute atomic E-state index is 0.142. The predicted molar refractivity (Wildman–Crippen MR) is 144 cm³/mol. The third-order valence-electron chi connectivity index (χ3n) is 5.52. The van der Waals surface area contributed by atoms with Gasteiger partial charge in [0.2, 0.25) is 0 Å². The summed E-state index contributed by atoms with van der Waals surface area (Å²) < 4.78 is 9.10. The highest BCUT2D eigenvalue weighted by atomic mass is 32.1. The number of hydrogen-bond donors (Lipinski definition) is 0. The van der Waals surface area contributed by atoms with E-state index in [-0.39, 0.29) is 5.78 Å². The number of rotatable bonds is 9. The smallest absolute Gasteiger partial charge is 0.148 e. The van der Waals surface area contributed by atoms with E-state index in [1.54, 1.807) is 23.9 Å². The van der Waals surface area contributed by atoms with E-state index in [0.717, 1.165) is 48.3 Å². The number of benzene rings is 2. The number of ketones is 1. The van der Waals surface area contributed by atoms with Crippen LogP contribution in [0.1, 0.15) is 17.5 Å². The molecule has 0 atom stereocenters. The number of thiophene rings is 1. The Morgan fingerprint density at radius 1 is 1.00 bits per heavy atom. The number of nitrogens with zero attached hydrogens (tertiary/aromatic N) is 3. The average Bonchev–Trinajstić information content (AvgIpc) is 3.47. The van der Waals surface area contributed by atoms with Crippen LogP contribution in [0.5, 0.6) is 11.5 Å². The second kappa shape index (κ2) is 10.3. The molecule has 3 heterocycles. The summed E-state index contributed by atoms with van der Waals surface area (Å²) in [5.41, 5.74) is 3.88. The highest BCUT2D eigenvalue weighted by molar-refractivity contribution is 7.80. The van der Waals surface area contributed by atoms with Crippen molar-refractivity contribution < 1.29 is 9.53 Å². The van der Waals surface area contributed by atoms with Crippen molar-refractivity contribution in [1.29, 1.82) is 0 Å². The van der Waals surface area contributed by atoms with E-state index in [1.165, 1.54) is 0 Å². The van der Waals surface area contributed by atoms with Crippen LogP contribution in [0.3, 0.4) is 0 Å². The normalized spacial score (nSPS) is 11.0. The molecule has 0 amide bonds. The molecule has 2 aromatic carbocycles. The van der Waals surface area contributed by atoms with Gasteiger partial charge in [-0.1, -0.05) is 54.7 Å². The summed E-state index contributed by atoms with van der Waals surface area (Å²) in [6.07, 6.45) is 6.86. The molecule has 5 aromatic rings. The first-order valence-electron chi connectivity index (χ1n) is 11.2. The quantitative estimate of drug-likeness (QED) is 0.215. The lowest BCUT2D eigenvalue weighted by atomic mass is 10.0. The SMILES string of the molecule is Cn1cnc(-c2cc3nccc(Oc4ccc(CC(=S)CC(=O)Cc5ccccc5)cc4)c3s2)c1. The van der Waals surface area contributed by atoms with Crippen molar-refractivity contribution in [2.24, 2.45) is 7.05 Å². The Balaban J connectivity index is 1.22. The molecular weight excluding hydrogens is 474 g/mol. The molecule has 0 aliphatic heterocycles. The topological polar surface area (TPSA) is 57.0 Å². The van der Waals surface area contributed by atoms with E-state index < -0.39 is 0 Å². The number of aromatic nitrogens is 3. The van der Waals surface area contributed by atoms with Gasteiger partial charge in [-0.2, -0.15) is 0 Å². The van der Waals surface area contributed by atoms with Gasteiger partial charge in [-0.25, -0.2) is 4.98 Å². The van der Waals surface area contributed by atoms with Crippen LogP contribution >= 0.6 is 23.6 Å². The van der Waals surface area contributed by atoms with E-state index in [0.29, 0.717) is 19.3 Å². The van der Waals surface area contributed by atoms with E-state index in [1.807, 2.05) is 84.5 Å². The summed E-state index contributed by atoms with van der Waals surface area (Å²) in [5, 5.41) is 0. The summed E-state index contributed by atoms with van der Waals surface area (Å²) in [7, 11) is 1.95. The van der Waals surface area contributed by atoms with Gasteiger partial charge in [0.1, 0.15) is 17.3 Å². The number of ether oxygens (including phenoxy) is 1. The molecule has 0 N–H and O–H groups in total. The monoisotopic (exact) mass is 497 g/mol. The third kappa shape index (κ3) is 5.70. The van der Waals surface area contributed by atoms with Crippen molar-refractivity contribution in [3.05, 3.63) is 96.6 Å². The minimum Gasteiger partial charge on any atom is -0.456 e. The fourth-order valence-corrected chi connectivity index (χ4v) is 5.21. The van der Waals surface area contributed by atoms with Gasteiger partial charge in [0, 0.05) is 49.6 Å². The van der Waals surface area contributed by atoms with Crippen molar-refractivity contribution in [2.75, 3.05) is 0 Å². The van der Waals surface area contributed by atoms with Gasteiger partial charge in [0.15, 0.2) is 0 Å². The maximum Gasteiger partial charge on any atom is 0.148 e.